The van der Waals surface area contributed by atoms with E-state index in [2.05, 4.69) is 31.8 Å². The lowest BCUT2D eigenvalue weighted by molar-refractivity contribution is 0.419. The molecule has 0 aliphatic carbocycles. The summed E-state index contributed by atoms with van der Waals surface area (Å²) in [6, 6.07) is 0. The first-order chi connectivity index (χ1) is 5.70. The highest BCUT2D eigenvalue weighted by Crippen LogP contribution is 2.21. The predicted molar refractivity (Wildman–Crippen MR) is 54.2 cm³/mol. The van der Waals surface area contributed by atoms with Crippen LogP contribution in [-0.4, -0.2) is 13.1 Å². The normalized spacial score (nSPS) is 21.0. The molecule has 1 heterocycles. The van der Waals surface area contributed by atoms with Crippen LogP contribution in [0.25, 0.3) is 0 Å². The van der Waals surface area contributed by atoms with Crippen molar-refractivity contribution in [2.24, 2.45) is 5.92 Å². The summed E-state index contributed by atoms with van der Waals surface area (Å²) in [6.45, 7) is 10.5. The Hall–Kier alpha value is -0.560. The van der Waals surface area contributed by atoms with Gasteiger partial charge in [0, 0.05) is 0 Å². The van der Waals surface area contributed by atoms with E-state index in [1.54, 1.807) is 0 Å². The van der Waals surface area contributed by atoms with Crippen LogP contribution in [0.2, 0.25) is 0 Å². The smallest absolute Gasteiger partial charge is 0.00432 e. The summed E-state index contributed by atoms with van der Waals surface area (Å²) in [4.78, 5) is 0. The van der Waals surface area contributed by atoms with Gasteiger partial charge in [-0.25, -0.2) is 0 Å². The van der Waals surface area contributed by atoms with Gasteiger partial charge in [0.1, 0.15) is 0 Å². The zero-order chi connectivity index (χ0) is 8.97. The number of allylic oxidation sites excluding steroid dienone is 3. The molecular formula is C11H19N. The Morgan fingerprint density at radius 1 is 1.33 bits per heavy atom. The van der Waals surface area contributed by atoms with Crippen LogP contribution < -0.4 is 5.32 Å². The summed E-state index contributed by atoms with van der Waals surface area (Å²) >= 11 is 0. The van der Waals surface area contributed by atoms with Crippen molar-refractivity contribution in [3.63, 3.8) is 0 Å². The van der Waals surface area contributed by atoms with Gasteiger partial charge in [-0.15, -0.1) is 0 Å². The van der Waals surface area contributed by atoms with Crippen molar-refractivity contribution in [2.45, 2.75) is 26.7 Å². The Bertz CT molecular complexity index is 185. The highest BCUT2D eigenvalue weighted by molar-refractivity contribution is 5.19. The molecule has 1 aliphatic rings. The van der Waals surface area contributed by atoms with Crippen LogP contribution in [0.15, 0.2) is 23.8 Å². The molecule has 0 spiro atoms. The van der Waals surface area contributed by atoms with E-state index in [0.29, 0.717) is 0 Å². The highest BCUT2D eigenvalue weighted by Gasteiger charge is 2.13. The lowest BCUT2D eigenvalue weighted by Gasteiger charge is -2.23. The van der Waals surface area contributed by atoms with Crippen molar-refractivity contribution in [1.29, 1.82) is 0 Å². The second kappa shape index (κ2) is 4.46. The molecule has 0 aromatic heterocycles. The fourth-order valence-electron chi connectivity index (χ4n) is 1.78. The quantitative estimate of drug-likeness (QED) is 0.620. The van der Waals surface area contributed by atoms with Crippen LogP contribution in [0.5, 0.6) is 0 Å². The van der Waals surface area contributed by atoms with Crippen molar-refractivity contribution in [3.05, 3.63) is 23.8 Å². The van der Waals surface area contributed by atoms with Crippen molar-refractivity contribution in [2.75, 3.05) is 13.1 Å². The second-order valence-corrected chi connectivity index (χ2v) is 3.76. The molecule has 1 fully saturated rings. The van der Waals surface area contributed by atoms with Crippen molar-refractivity contribution in [3.8, 4) is 0 Å². The monoisotopic (exact) mass is 165 g/mol. The van der Waals surface area contributed by atoms with Crippen LogP contribution in [0, 0.1) is 5.92 Å². The maximum atomic E-state index is 3.90. The van der Waals surface area contributed by atoms with E-state index in [0.717, 1.165) is 5.92 Å². The number of hydrogen-bond acceptors (Lipinski definition) is 1. The first-order valence-corrected chi connectivity index (χ1v) is 4.74. The molecule has 0 aromatic rings. The third-order valence-electron chi connectivity index (χ3n) is 2.46. The largest absolute Gasteiger partial charge is 0.317 e. The number of piperidine rings is 1. The molecule has 0 radical (unpaired) electrons. The molecule has 1 rings (SSSR count). The van der Waals surface area contributed by atoms with Gasteiger partial charge in [-0.05, 0) is 45.7 Å². The minimum Gasteiger partial charge on any atom is -0.317 e. The van der Waals surface area contributed by atoms with Gasteiger partial charge in [0.15, 0.2) is 0 Å². The van der Waals surface area contributed by atoms with Crippen LogP contribution in [0.3, 0.4) is 0 Å². The van der Waals surface area contributed by atoms with Crippen LogP contribution in [0.1, 0.15) is 26.7 Å². The summed E-state index contributed by atoms with van der Waals surface area (Å²) < 4.78 is 0. The minimum absolute atomic E-state index is 0.794. The molecule has 0 unspecified atom stereocenters. The molecule has 0 amide bonds. The predicted octanol–water partition coefficient (Wildman–Crippen LogP) is 2.51. The molecular weight excluding hydrogens is 146 g/mol. The minimum atomic E-state index is 0.794. The van der Waals surface area contributed by atoms with Gasteiger partial charge in [0.25, 0.3) is 0 Å². The molecule has 0 saturated carbocycles. The van der Waals surface area contributed by atoms with Gasteiger partial charge in [-0.3, -0.25) is 0 Å². The third kappa shape index (κ3) is 2.82. The van der Waals surface area contributed by atoms with E-state index in [-0.39, 0.29) is 0 Å². The highest BCUT2D eigenvalue weighted by atomic mass is 14.9. The van der Waals surface area contributed by atoms with Crippen LogP contribution >= 0.6 is 0 Å². The Balaban J connectivity index is 2.49. The summed E-state index contributed by atoms with van der Waals surface area (Å²) in [6.07, 6.45) is 4.79. The average Bonchev–Trinajstić information content (AvgIpc) is 2.05. The van der Waals surface area contributed by atoms with Crippen molar-refractivity contribution < 1.29 is 0 Å². The molecule has 1 nitrogen and oxygen atoms in total. The first-order valence-electron chi connectivity index (χ1n) is 4.74. The van der Waals surface area contributed by atoms with E-state index < -0.39 is 0 Å². The molecule has 1 heteroatoms. The molecule has 0 aromatic carbocycles. The summed E-state index contributed by atoms with van der Waals surface area (Å²) in [7, 11) is 0. The number of rotatable bonds is 2. The molecule has 1 N–H and O–H groups in total. The molecule has 68 valence electrons. The average molecular weight is 165 g/mol. The summed E-state index contributed by atoms with van der Waals surface area (Å²) in [5.41, 5.74) is 2.68. The Labute approximate surface area is 75.6 Å². The standard InChI is InChI=1S/C11H19N/c1-9(2)8-10(3)11-4-6-12-7-5-11/h8,11-12H,1,4-7H2,2-3H3/b10-8+. The van der Waals surface area contributed by atoms with E-state index in [4.69, 9.17) is 0 Å². The van der Waals surface area contributed by atoms with Crippen molar-refractivity contribution in [1.82, 2.24) is 5.32 Å². The molecule has 0 atom stereocenters. The fraction of sp³-hybridized carbons (Fsp3) is 0.636. The number of nitrogens with one attached hydrogen (secondary N) is 1. The Morgan fingerprint density at radius 3 is 2.42 bits per heavy atom. The van der Waals surface area contributed by atoms with Gasteiger partial charge in [-0.2, -0.15) is 0 Å². The van der Waals surface area contributed by atoms with Gasteiger partial charge >= 0.3 is 0 Å². The van der Waals surface area contributed by atoms with Gasteiger partial charge in [0.2, 0.25) is 0 Å². The summed E-state index contributed by atoms with van der Waals surface area (Å²) in [5.74, 6) is 0.794. The second-order valence-electron chi connectivity index (χ2n) is 3.76. The first kappa shape index (κ1) is 9.53. The maximum absolute atomic E-state index is 3.90. The lowest BCUT2D eigenvalue weighted by Crippen LogP contribution is -2.28. The lowest BCUT2D eigenvalue weighted by atomic mass is 9.90. The van der Waals surface area contributed by atoms with E-state index in [9.17, 15) is 0 Å². The van der Waals surface area contributed by atoms with Gasteiger partial charge < -0.3 is 5.32 Å². The molecule has 1 aliphatic heterocycles. The fourth-order valence-corrected chi connectivity index (χ4v) is 1.78. The molecule has 0 bridgehead atoms. The zero-order valence-corrected chi connectivity index (χ0v) is 8.19. The van der Waals surface area contributed by atoms with Gasteiger partial charge in [-0.1, -0.05) is 23.8 Å². The van der Waals surface area contributed by atoms with Gasteiger partial charge in [0.05, 0.1) is 0 Å². The van der Waals surface area contributed by atoms with E-state index in [1.807, 2.05) is 0 Å². The topological polar surface area (TPSA) is 12.0 Å². The Kier molecular flexibility index (Phi) is 3.54. The third-order valence-corrected chi connectivity index (χ3v) is 2.46. The van der Waals surface area contributed by atoms with Crippen LogP contribution in [-0.2, 0) is 0 Å². The van der Waals surface area contributed by atoms with Crippen molar-refractivity contribution >= 4 is 0 Å². The zero-order valence-electron chi connectivity index (χ0n) is 8.19. The van der Waals surface area contributed by atoms with E-state index in [1.165, 1.54) is 37.1 Å². The summed E-state index contributed by atoms with van der Waals surface area (Å²) in [5, 5.41) is 3.37. The Morgan fingerprint density at radius 2 is 1.92 bits per heavy atom. The molecule has 12 heavy (non-hydrogen) atoms. The van der Waals surface area contributed by atoms with Crippen LogP contribution in [0.4, 0.5) is 0 Å². The SMILES string of the molecule is C=C(C)/C=C(\C)C1CCNCC1. The van der Waals surface area contributed by atoms with E-state index >= 15 is 0 Å². The molecule has 1 saturated heterocycles. The maximum Gasteiger partial charge on any atom is -0.00432 e. The number of hydrogen-bond donors (Lipinski definition) is 1.